The van der Waals surface area contributed by atoms with Gasteiger partial charge >= 0.3 is 5.69 Å². The summed E-state index contributed by atoms with van der Waals surface area (Å²) in [6.07, 6.45) is 3.80. The van der Waals surface area contributed by atoms with Crippen LogP contribution in [-0.2, 0) is 11.3 Å². The van der Waals surface area contributed by atoms with Gasteiger partial charge < -0.3 is 25.1 Å². The van der Waals surface area contributed by atoms with Crippen LogP contribution in [0.25, 0.3) is 11.0 Å². The van der Waals surface area contributed by atoms with Crippen LogP contribution in [0.15, 0.2) is 47.3 Å². The Morgan fingerprint density at radius 3 is 2.66 bits per heavy atom. The number of anilines is 2. The van der Waals surface area contributed by atoms with E-state index in [1.165, 1.54) is 30.5 Å². The zero-order valence-corrected chi connectivity index (χ0v) is 16.8. The summed E-state index contributed by atoms with van der Waals surface area (Å²) in [5.41, 5.74) is 4.42. The lowest BCUT2D eigenvalue weighted by molar-refractivity contribution is -0.885. The van der Waals surface area contributed by atoms with Gasteiger partial charge in [0.25, 0.3) is 5.91 Å². The Morgan fingerprint density at radius 1 is 1.07 bits per heavy atom. The van der Waals surface area contributed by atoms with Crippen molar-refractivity contribution < 1.29 is 9.69 Å². The molecule has 1 aromatic heterocycles. The molecule has 1 amide bonds. The summed E-state index contributed by atoms with van der Waals surface area (Å²) in [6, 6.07) is 13.9. The number of aromatic amines is 2. The van der Waals surface area contributed by atoms with Gasteiger partial charge in [0.2, 0.25) is 0 Å². The van der Waals surface area contributed by atoms with Crippen molar-refractivity contribution in [2.75, 3.05) is 36.9 Å². The number of likely N-dealkylation sites (N-methyl/N-ethyl adjacent to an activating group) is 1. The second-order valence-corrected chi connectivity index (χ2v) is 7.87. The van der Waals surface area contributed by atoms with E-state index >= 15 is 0 Å². The molecule has 1 saturated heterocycles. The molecule has 1 aliphatic rings. The lowest BCUT2D eigenvalue weighted by Gasteiger charge is -2.31. The molecule has 1 unspecified atom stereocenters. The summed E-state index contributed by atoms with van der Waals surface area (Å²) in [5.74, 6) is -0.0461. The molecule has 3 aromatic rings. The minimum absolute atomic E-state index is 0.0461. The number of piperidine rings is 1. The van der Waals surface area contributed by atoms with Crippen molar-refractivity contribution in [1.82, 2.24) is 9.97 Å². The third-order valence-corrected chi connectivity index (χ3v) is 5.44. The number of hydrogen-bond acceptors (Lipinski definition) is 3. The molecule has 0 bridgehead atoms. The van der Waals surface area contributed by atoms with Crippen molar-refractivity contribution in [3.8, 4) is 0 Å². The number of imidazole rings is 1. The van der Waals surface area contributed by atoms with Gasteiger partial charge in [-0.1, -0.05) is 18.2 Å². The number of rotatable bonds is 6. The van der Waals surface area contributed by atoms with E-state index in [0.29, 0.717) is 17.7 Å². The number of aromatic nitrogens is 2. The van der Waals surface area contributed by atoms with Gasteiger partial charge in [-0.25, -0.2) is 4.79 Å². The molecular weight excluding hydrogens is 366 g/mol. The predicted octanol–water partition coefficient (Wildman–Crippen LogP) is 1.50. The number of carbonyl (C=O) groups excluding carboxylic acids is 1. The molecule has 4 rings (SSSR count). The summed E-state index contributed by atoms with van der Waals surface area (Å²) in [5, 5.41) is 2.93. The number of hydrogen-bond donors (Lipinski definition) is 4. The number of carbonyl (C=O) groups is 1. The Morgan fingerprint density at radius 2 is 1.83 bits per heavy atom. The van der Waals surface area contributed by atoms with Gasteiger partial charge in [-0.3, -0.25) is 4.79 Å². The van der Waals surface area contributed by atoms with Crippen LogP contribution < -0.4 is 20.8 Å². The van der Waals surface area contributed by atoms with Gasteiger partial charge in [0, 0.05) is 30.0 Å². The van der Waals surface area contributed by atoms with Gasteiger partial charge in [0.15, 0.2) is 6.54 Å². The van der Waals surface area contributed by atoms with Crippen LogP contribution in [-0.4, -0.2) is 42.6 Å². The highest BCUT2D eigenvalue weighted by Gasteiger charge is 2.17. The Labute approximate surface area is 169 Å². The number of benzene rings is 2. The van der Waals surface area contributed by atoms with E-state index < -0.39 is 0 Å². The molecule has 4 N–H and O–H groups in total. The van der Waals surface area contributed by atoms with Crippen LogP contribution in [0.4, 0.5) is 11.4 Å². The van der Waals surface area contributed by atoms with Crippen molar-refractivity contribution in [2.24, 2.45) is 0 Å². The van der Waals surface area contributed by atoms with E-state index in [0.717, 1.165) is 30.1 Å². The molecule has 2 heterocycles. The average molecular weight is 394 g/mol. The maximum Gasteiger partial charge on any atom is 0.323 e. The van der Waals surface area contributed by atoms with E-state index in [1.807, 2.05) is 7.05 Å². The molecule has 1 fully saturated rings. The van der Waals surface area contributed by atoms with Gasteiger partial charge in [0.05, 0.1) is 18.1 Å². The first-order valence-corrected chi connectivity index (χ1v) is 10.2. The topological polar surface area (TPSA) is 85.4 Å². The smallest absolute Gasteiger partial charge is 0.323 e. The zero-order chi connectivity index (χ0) is 20.2. The average Bonchev–Trinajstić information content (AvgIpc) is 3.08. The molecule has 0 spiro atoms. The normalized spacial score (nSPS) is 15.4. The number of nitrogens with zero attached hydrogens (tertiary/aromatic N) is 1. The molecular formula is C22H28N5O2+. The SMILES string of the molecule is C[NH+](CC(=O)Nc1ccc2[nH]c(=O)[nH]c2c1)Cc1ccccc1N1CCCCC1. The summed E-state index contributed by atoms with van der Waals surface area (Å²) in [4.78, 5) is 32.9. The maximum absolute atomic E-state index is 12.5. The van der Waals surface area contributed by atoms with Crippen molar-refractivity contribution in [3.63, 3.8) is 0 Å². The van der Waals surface area contributed by atoms with E-state index in [2.05, 4.69) is 44.5 Å². The number of amides is 1. The summed E-state index contributed by atoms with van der Waals surface area (Å²) >= 11 is 0. The first kappa shape index (κ1) is 19.3. The summed E-state index contributed by atoms with van der Waals surface area (Å²) in [6.45, 7) is 3.39. The second-order valence-electron chi connectivity index (χ2n) is 7.87. The third-order valence-electron chi connectivity index (χ3n) is 5.44. The largest absolute Gasteiger partial charge is 0.371 e. The standard InChI is InChI=1S/C22H27N5O2/c1-26(14-16-7-3-4-8-20(16)27-11-5-2-6-12-27)15-21(28)23-17-9-10-18-19(13-17)25-22(29)24-18/h3-4,7-10,13H,2,5-6,11-12,14-15H2,1H3,(H,23,28)(H2,24,25,29)/p+1. The van der Waals surface area contributed by atoms with Crippen molar-refractivity contribution >= 4 is 28.3 Å². The molecule has 152 valence electrons. The van der Waals surface area contributed by atoms with Gasteiger partial charge in [-0.15, -0.1) is 0 Å². The fraction of sp³-hybridized carbons (Fsp3) is 0.364. The van der Waals surface area contributed by atoms with Crippen molar-refractivity contribution in [3.05, 3.63) is 58.5 Å². The highest BCUT2D eigenvalue weighted by molar-refractivity contribution is 5.93. The zero-order valence-electron chi connectivity index (χ0n) is 16.8. The minimum atomic E-state index is -0.250. The molecule has 2 aromatic carbocycles. The van der Waals surface area contributed by atoms with E-state index in [9.17, 15) is 9.59 Å². The predicted molar refractivity (Wildman–Crippen MR) is 116 cm³/mol. The number of quaternary nitrogens is 1. The Bertz CT molecular complexity index is 1050. The lowest BCUT2D eigenvalue weighted by Crippen LogP contribution is -3.08. The number of para-hydroxylation sites is 1. The van der Waals surface area contributed by atoms with Crippen LogP contribution in [0.3, 0.4) is 0 Å². The molecule has 0 radical (unpaired) electrons. The molecule has 1 atom stereocenters. The molecule has 29 heavy (non-hydrogen) atoms. The number of H-pyrrole nitrogens is 2. The molecule has 7 nitrogen and oxygen atoms in total. The highest BCUT2D eigenvalue weighted by atomic mass is 16.2. The highest BCUT2D eigenvalue weighted by Crippen LogP contribution is 2.23. The lowest BCUT2D eigenvalue weighted by atomic mass is 10.1. The molecule has 7 heteroatoms. The van der Waals surface area contributed by atoms with E-state index in [4.69, 9.17) is 0 Å². The van der Waals surface area contributed by atoms with E-state index in [1.54, 1.807) is 18.2 Å². The van der Waals surface area contributed by atoms with Crippen molar-refractivity contribution in [1.29, 1.82) is 0 Å². The summed E-state index contributed by atoms with van der Waals surface area (Å²) in [7, 11) is 2.04. The van der Waals surface area contributed by atoms with Crippen LogP contribution in [0.2, 0.25) is 0 Å². The Balaban J connectivity index is 1.38. The molecule has 0 saturated carbocycles. The summed E-state index contributed by atoms with van der Waals surface area (Å²) < 4.78 is 0. The first-order chi connectivity index (χ1) is 14.1. The number of fused-ring (bicyclic) bond motifs is 1. The molecule has 0 aliphatic carbocycles. The maximum atomic E-state index is 12.5. The van der Waals surface area contributed by atoms with Crippen LogP contribution in [0, 0.1) is 0 Å². The second kappa shape index (κ2) is 8.53. The van der Waals surface area contributed by atoms with E-state index in [-0.39, 0.29) is 11.6 Å². The van der Waals surface area contributed by atoms with Crippen molar-refractivity contribution in [2.45, 2.75) is 25.8 Å². The first-order valence-electron chi connectivity index (χ1n) is 10.2. The van der Waals surface area contributed by atoms with Crippen LogP contribution in [0.1, 0.15) is 24.8 Å². The van der Waals surface area contributed by atoms with Crippen LogP contribution in [0.5, 0.6) is 0 Å². The quantitative estimate of drug-likeness (QED) is 0.511. The Hall–Kier alpha value is -3.06. The van der Waals surface area contributed by atoms with Crippen LogP contribution >= 0.6 is 0 Å². The fourth-order valence-electron chi connectivity index (χ4n) is 4.08. The monoisotopic (exact) mass is 394 g/mol. The Kier molecular flexibility index (Phi) is 5.67. The minimum Gasteiger partial charge on any atom is -0.371 e. The van der Waals surface area contributed by atoms with Gasteiger partial charge in [-0.2, -0.15) is 0 Å². The fourth-order valence-corrected chi connectivity index (χ4v) is 4.08. The van der Waals surface area contributed by atoms with Gasteiger partial charge in [-0.05, 0) is 43.5 Å². The third kappa shape index (κ3) is 4.68. The van der Waals surface area contributed by atoms with Gasteiger partial charge in [0.1, 0.15) is 6.54 Å². The number of nitrogens with one attached hydrogen (secondary N) is 4. The molecule has 1 aliphatic heterocycles.